The molecule has 138 valence electrons. The van der Waals surface area contributed by atoms with E-state index in [2.05, 4.69) is 26.3 Å². The normalized spacial score (nSPS) is 15.0. The molecule has 1 aliphatic rings. The van der Waals surface area contributed by atoms with E-state index in [0.717, 1.165) is 15.8 Å². The van der Waals surface area contributed by atoms with E-state index in [0.29, 0.717) is 25.9 Å². The van der Waals surface area contributed by atoms with Gasteiger partial charge in [0.05, 0.1) is 22.0 Å². The minimum atomic E-state index is -0.0985. The molecule has 7 nitrogen and oxygen atoms in total. The number of amides is 3. The number of hydrogen-bond acceptors (Lipinski definition) is 3. The standard InChI is InChI=1S/C18H22BrN5O2/c1-22(2)18(26)23-9-7-13(8-10-23)17(25)21-15-5-3-4-6-16(15)24-12-14(19)11-20-24/h3-6,11-13H,7-10H2,1-2H3,(H,21,25). The number of carbonyl (C=O) groups is 2. The molecule has 0 unspecified atom stereocenters. The van der Waals surface area contributed by atoms with Gasteiger partial charge in [-0.05, 0) is 40.9 Å². The monoisotopic (exact) mass is 419 g/mol. The SMILES string of the molecule is CN(C)C(=O)N1CCC(C(=O)Nc2ccccc2-n2cc(Br)cn2)CC1. The quantitative estimate of drug-likeness (QED) is 0.830. The topological polar surface area (TPSA) is 70.5 Å². The highest BCUT2D eigenvalue weighted by atomic mass is 79.9. The zero-order valence-electron chi connectivity index (χ0n) is 14.9. The second-order valence-corrected chi connectivity index (χ2v) is 7.46. The number of nitrogens with zero attached hydrogens (tertiary/aromatic N) is 4. The number of piperidine rings is 1. The van der Waals surface area contributed by atoms with Crippen molar-refractivity contribution in [2.24, 2.45) is 5.92 Å². The molecule has 2 heterocycles. The van der Waals surface area contributed by atoms with Gasteiger partial charge in [0.25, 0.3) is 0 Å². The highest BCUT2D eigenvalue weighted by Gasteiger charge is 2.28. The van der Waals surface area contributed by atoms with Crippen LogP contribution in [0.4, 0.5) is 10.5 Å². The molecule has 8 heteroatoms. The van der Waals surface area contributed by atoms with Gasteiger partial charge in [0.1, 0.15) is 0 Å². The van der Waals surface area contributed by atoms with E-state index < -0.39 is 0 Å². The number of anilines is 1. The molecule has 1 aromatic carbocycles. The van der Waals surface area contributed by atoms with Crippen LogP contribution in [-0.2, 0) is 4.79 Å². The lowest BCUT2D eigenvalue weighted by Gasteiger charge is -2.33. The zero-order chi connectivity index (χ0) is 18.7. The lowest BCUT2D eigenvalue weighted by molar-refractivity contribution is -0.121. The van der Waals surface area contributed by atoms with Crippen molar-refractivity contribution in [3.63, 3.8) is 0 Å². The van der Waals surface area contributed by atoms with Crippen LogP contribution in [0.15, 0.2) is 41.1 Å². The van der Waals surface area contributed by atoms with Crippen LogP contribution in [0.2, 0.25) is 0 Å². The molecule has 0 aliphatic carbocycles. The Hall–Kier alpha value is -2.35. The number of carbonyl (C=O) groups excluding carboxylic acids is 2. The zero-order valence-corrected chi connectivity index (χ0v) is 16.4. The molecule has 3 rings (SSSR count). The second kappa shape index (κ2) is 7.90. The van der Waals surface area contributed by atoms with Gasteiger partial charge in [0, 0.05) is 39.3 Å². The summed E-state index contributed by atoms with van der Waals surface area (Å²) >= 11 is 3.39. The van der Waals surface area contributed by atoms with Gasteiger partial charge in [-0.3, -0.25) is 4.79 Å². The van der Waals surface area contributed by atoms with Crippen LogP contribution in [0, 0.1) is 5.92 Å². The summed E-state index contributed by atoms with van der Waals surface area (Å²) in [6, 6.07) is 7.57. The van der Waals surface area contributed by atoms with Gasteiger partial charge < -0.3 is 15.1 Å². The first-order chi connectivity index (χ1) is 12.5. The summed E-state index contributed by atoms with van der Waals surface area (Å²) in [5.41, 5.74) is 1.53. The van der Waals surface area contributed by atoms with Crippen LogP contribution in [0.5, 0.6) is 0 Å². The molecular weight excluding hydrogens is 398 g/mol. The number of benzene rings is 1. The van der Waals surface area contributed by atoms with E-state index in [4.69, 9.17) is 0 Å². The number of para-hydroxylation sites is 2. The predicted octanol–water partition coefficient (Wildman–Crippen LogP) is 2.97. The maximum atomic E-state index is 12.7. The number of aromatic nitrogens is 2. The Kier molecular flexibility index (Phi) is 5.61. The number of nitrogens with one attached hydrogen (secondary N) is 1. The third kappa shape index (κ3) is 4.07. The van der Waals surface area contributed by atoms with Gasteiger partial charge in [-0.15, -0.1) is 0 Å². The van der Waals surface area contributed by atoms with Crippen LogP contribution >= 0.6 is 15.9 Å². The average Bonchev–Trinajstić information content (AvgIpc) is 3.07. The maximum absolute atomic E-state index is 12.7. The first-order valence-electron chi connectivity index (χ1n) is 8.52. The molecular formula is C18H22BrN5O2. The van der Waals surface area contributed by atoms with Gasteiger partial charge in [0.2, 0.25) is 5.91 Å². The van der Waals surface area contributed by atoms with Crippen LogP contribution < -0.4 is 5.32 Å². The molecule has 1 fully saturated rings. The molecule has 0 atom stereocenters. The Morgan fingerprint density at radius 2 is 1.92 bits per heavy atom. The summed E-state index contributed by atoms with van der Waals surface area (Å²) in [7, 11) is 3.48. The van der Waals surface area contributed by atoms with Gasteiger partial charge in [-0.2, -0.15) is 5.10 Å². The lowest BCUT2D eigenvalue weighted by Crippen LogP contribution is -2.45. The van der Waals surface area contributed by atoms with Crippen molar-refractivity contribution in [3.8, 4) is 5.69 Å². The van der Waals surface area contributed by atoms with Gasteiger partial charge in [-0.25, -0.2) is 9.48 Å². The smallest absolute Gasteiger partial charge is 0.319 e. The van der Waals surface area contributed by atoms with E-state index in [-0.39, 0.29) is 17.9 Å². The molecule has 26 heavy (non-hydrogen) atoms. The molecule has 0 saturated carbocycles. The summed E-state index contributed by atoms with van der Waals surface area (Å²) in [4.78, 5) is 28.1. The van der Waals surface area contributed by atoms with Gasteiger partial charge >= 0.3 is 6.03 Å². The number of halogens is 1. The van der Waals surface area contributed by atoms with Crippen molar-refractivity contribution in [2.45, 2.75) is 12.8 Å². The van der Waals surface area contributed by atoms with Crippen molar-refractivity contribution >= 4 is 33.6 Å². The van der Waals surface area contributed by atoms with E-state index in [1.54, 1.807) is 34.8 Å². The lowest BCUT2D eigenvalue weighted by atomic mass is 9.96. The molecule has 0 radical (unpaired) electrons. The van der Waals surface area contributed by atoms with Gasteiger partial charge in [0.15, 0.2) is 0 Å². The molecule has 0 spiro atoms. The first-order valence-corrected chi connectivity index (χ1v) is 9.31. The van der Waals surface area contributed by atoms with Crippen molar-refractivity contribution in [1.82, 2.24) is 19.6 Å². The minimum absolute atomic E-state index is 0.00142. The molecule has 1 saturated heterocycles. The average molecular weight is 420 g/mol. The Morgan fingerprint density at radius 1 is 1.23 bits per heavy atom. The van der Waals surface area contributed by atoms with E-state index in [1.165, 1.54) is 0 Å². The fourth-order valence-corrected chi connectivity index (χ4v) is 3.35. The molecule has 1 aliphatic heterocycles. The van der Waals surface area contributed by atoms with E-state index >= 15 is 0 Å². The third-order valence-corrected chi connectivity index (χ3v) is 4.89. The summed E-state index contributed by atoms with van der Waals surface area (Å²) in [5.74, 6) is -0.112. The van der Waals surface area contributed by atoms with Gasteiger partial charge in [-0.1, -0.05) is 12.1 Å². The molecule has 0 bridgehead atoms. The fraction of sp³-hybridized carbons (Fsp3) is 0.389. The minimum Gasteiger partial charge on any atom is -0.331 e. The molecule has 1 N–H and O–H groups in total. The Balaban J connectivity index is 1.66. The first kappa shape index (κ1) is 18.4. The number of urea groups is 1. The molecule has 2 aromatic rings. The molecule has 3 amide bonds. The summed E-state index contributed by atoms with van der Waals surface area (Å²) in [6.45, 7) is 1.20. The number of rotatable bonds is 3. The van der Waals surface area contributed by atoms with Crippen LogP contribution in [-0.4, -0.2) is 58.7 Å². The Bertz CT molecular complexity index is 796. The Morgan fingerprint density at radius 3 is 2.54 bits per heavy atom. The van der Waals surface area contributed by atoms with Crippen LogP contribution in [0.3, 0.4) is 0 Å². The van der Waals surface area contributed by atoms with Crippen molar-refractivity contribution in [3.05, 3.63) is 41.1 Å². The predicted molar refractivity (Wildman–Crippen MR) is 103 cm³/mol. The number of likely N-dealkylation sites (tertiary alicyclic amines) is 1. The largest absolute Gasteiger partial charge is 0.331 e. The molecule has 1 aromatic heterocycles. The van der Waals surface area contributed by atoms with Crippen molar-refractivity contribution in [2.75, 3.05) is 32.5 Å². The van der Waals surface area contributed by atoms with E-state index in [1.807, 2.05) is 30.5 Å². The highest BCUT2D eigenvalue weighted by molar-refractivity contribution is 9.10. The van der Waals surface area contributed by atoms with Crippen LogP contribution in [0.25, 0.3) is 5.69 Å². The third-order valence-electron chi connectivity index (χ3n) is 4.48. The van der Waals surface area contributed by atoms with Crippen molar-refractivity contribution in [1.29, 1.82) is 0 Å². The van der Waals surface area contributed by atoms with Crippen LogP contribution in [0.1, 0.15) is 12.8 Å². The van der Waals surface area contributed by atoms with Crippen molar-refractivity contribution < 1.29 is 9.59 Å². The van der Waals surface area contributed by atoms with E-state index in [9.17, 15) is 9.59 Å². The fourth-order valence-electron chi connectivity index (χ4n) is 3.06. The highest BCUT2D eigenvalue weighted by Crippen LogP contribution is 2.24. The summed E-state index contributed by atoms with van der Waals surface area (Å²) < 4.78 is 2.59. The second-order valence-electron chi connectivity index (χ2n) is 6.55. The maximum Gasteiger partial charge on any atom is 0.319 e. The Labute approximate surface area is 161 Å². The summed E-state index contributed by atoms with van der Waals surface area (Å²) in [6.07, 6.45) is 4.88. The number of hydrogen-bond donors (Lipinski definition) is 1. The summed E-state index contributed by atoms with van der Waals surface area (Å²) in [5, 5.41) is 7.31.